The van der Waals surface area contributed by atoms with E-state index in [1.807, 2.05) is 0 Å². The van der Waals surface area contributed by atoms with Crippen molar-refractivity contribution in [3.8, 4) is 0 Å². The van der Waals surface area contributed by atoms with Crippen molar-refractivity contribution < 1.29 is 4.39 Å². The minimum atomic E-state index is -0.227. The predicted octanol–water partition coefficient (Wildman–Crippen LogP) is 2.43. The average molecular weight is 259 g/mol. The second-order valence-electron chi connectivity index (χ2n) is 5.25. The Morgan fingerprint density at radius 1 is 1.11 bits per heavy atom. The van der Waals surface area contributed by atoms with E-state index in [9.17, 15) is 4.39 Å². The lowest BCUT2D eigenvalue weighted by Crippen LogP contribution is -2.44. The molecule has 0 spiro atoms. The molecule has 1 aliphatic heterocycles. The van der Waals surface area contributed by atoms with Crippen molar-refractivity contribution in [2.75, 3.05) is 38.1 Å². The minimum Gasteiger partial charge on any atom is -0.354 e. The number of fused-ring (bicyclic) bond motifs is 1. The lowest BCUT2D eigenvalue weighted by atomic mass is 10.1. The van der Waals surface area contributed by atoms with Gasteiger partial charge >= 0.3 is 0 Å². The van der Waals surface area contributed by atoms with Gasteiger partial charge in [-0.25, -0.2) is 9.37 Å². The number of halogens is 1. The van der Waals surface area contributed by atoms with Crippen LogP contribution in [0, 0.1) is 12.7 Å². The molecular formula is C15H18FN3. The van der Waals surface area contributed by atoms with Crippen LogP contribution in [0.25, 0.3) is 10.9 Å². The van der Waals surface area contributed by atoms with Crippen LogP contribution < -0.4 is 4.90 Å². The van der Waals surface area contributed by atoms with E-state index < -0.39 is 0 Å². The van der Waals surface area contributed by atoms with Gasteiger partial charge in [0.15, 0.2) is 0 Å². The van der Waals surface area contributed by atoms with Crippen molar-refractivity contribution in [3.05, 3.63) is 35.6 Å². The molecule has 0 aliphatic carbocycles. The van der Waals surface area contributed by atoms with Gasteiger partial charge in [0.2, 0.25) is 0 Å². The first-order valence-corrected chi connectivity index (χ1v) is 6.64. The molecule has 2 aromatic rings. The predicted molar refractivity (Wildman–Crippen MR) is 76.1 cm³/mol. The summed E-state index contributed by atoms with van der Waals surface area (Å²) in [6.45, 7) is 6.10. The number of hydrogen-bond acceptors (Lipinski definition) is 3. The Labute approximate surface area is 112 Å². The Hall–Kier alpha value is -1.68. The number of piperazine rings is 1. The van der Waals surface area contributed by atoms with Gasteiger partial charge in [-0.15, -0.1) is 0 Å². The van der Waals surface area contributed by atoms with Crippen LogP contribution in [0.15, 0.2) is 24.3 Å². The van der Waals surface area contributed by atoms with Crippen molar-refractivity contribution in [3.63, 3.8) is 0 Å². The van der Waals surface area contributed by atoms with E-state index in [0.717, 1.165) is 48.5 Å². The number of nitrogens with zero attached hydrogens (tertiary/aromatic N) is 3. The summed E-state index contributed by atoms with van der Waals surface area (Å²) in [6.07, 6.45) is 0. The van der Waals surface area contributed by atoms with Crippen LogP contribution in [0.5, 0.6) is 0 Å². The summed E-state index contributed by atoms with van der Waals surface area (Å²) >= 11 is 0. The van der Waals surface area contributed by atoms with E-state index in [1.54, 1.807) is 6.07 Å². The van der Waals surface area contributed by atoms with Gasteiger partial charge < -0.3 is 9.80 Å². The number of rotatable bonds is 1. The molecular weight excluding hydrogens is 241 g/mol. The van der Waals surface area contributed by atoms with Gasteiger partial charge in [0, 0.05) is 37.6 Å². The fourth-order valence-corrected chi connectivity index (χ4v) is 2.56. The number of hydrogen-bond donors (Lipinski definition) is 0. The largest absolute Gasteiger partial charge is 0.354 e. The Balaban J connectivity index is 2.00. The minimum absolute atomic E-state index is 0.227. The molecule has 1 aromatic heterocycles. The maximum absolute atomic E-state index is 13.3. The Kier molecular flexibility index (Phi) is 3.11. The van der Waals surface area contributed by atoms with E-state index in [4.69, 9.17) is 0 Å². The van der Waals surface area contributed by atoms with Crippen LogP contribution in [-0.2, 0) is 0 Å². The summed E-state index contributed by atoms with van der Waals surface area (Å²) in [5.74, 6) is 0.735. The maximum atomic E-state index is 13.3. The second-order valence-corrected chi connectivity index (χ2v) is 5.25. The third kappa shape index (κ3) is 2.40. The summed E-state index contributed by atoms with van der Waals surface area (Å²) < 4.78 is 13.3. The fraction of sp³-hybridized carbons (Fsp3) is 0.400. The molecule has 0 saturated carbocycles. The maximum Gasteiger partial charge on any atom is 0.129 e. The van der Waals surface area contributed by atoms with Crippen LogP contribution in [0.3, 0.4) is 0 Å². The summed E-state index contributed by atoms with van der Waals surface area (Å²) in [5, 5.41) is 1.03. The van der Waals surface area contributed by atoms with E-state index in [-0.39, 0.29) is 5.82 Å². The fourth-order valence-electron chi connectivity index (χ4n) is 2.56. The highest BCUT2D eigenvalue weighted by Gasteiger charge is 2.16. The molecule has 0 amide bonds. The standard InChI is InChI=1S/C15H18FN3/c1-11-9-15(19-7-5-18(2)6-8-19)17-14-10-12(16)3-4-13(11)14/h3-4,9-10H,5-8H2,1-2H3. The van der Waals surface area contributed by atoms with Crippen LogP contribution in [0.4, 0.5) is 10.2 Å². The van der Waals surface area contributed by atoms with Gasteiger partial charge in [0.1, 0.15) is 11.6 Å². The lowest BCUT2D eigenvalue weighted by Gasteiger charge is -2.33. The van der Waals surface area contributed by atoms with Gasteiger partial charge in [0.05, 0.1) is 5.52 Å². The quantitative estimate of drug-likeness (QED) is 0.784. The number of benzene rings is 1. The summed E-state index contributed by atoms with van der Waals surface area (Å²) in [7, 11) is 2.13. The zero-order valence-corrected chi connectivity index (χ0v) is 11.4. The average Bonchev–Trinajstić information content (AvgIpc) is 2.38. The van der Waals surface area contributed by atoms with Crippen LogP contribution >= 0.6 is 0 Å². The third-order valence-corrected chi connectivity index (χ3v) is 3.79. The van der Waals surface area contributed by atoms with Gasteiger partial charge in [0.25, 0.3) is 0 Å². The summed E-state index contributed by atoms with van der Waals surface area (Å²) in [5.41, 5.74) is 1.90. The van der Waals surface area contributed by atoms with Crippen LogP contribution in [0.1, 0.15) is 5.56 Å². The number of aryl methyl sites for hydroxylation is 1. The normalized spacial score (nSPS) is 17.1. The van der Waals surface area contributed by atoms with E-state index in [1.165, 1.54) is 12.1 Å². The molecule has 0 N–H and O–H groups in total. The summed E-state index contributed by atoms with van der Waals surface area (Å²) in [6, 6.07) is 6.92. The zero-order valence-electron chi connectivity index (χ0n) is 11.4. The highest BCUT2D eigenvalue weighted by molar-refractivity contribution is 5.84. The van der Waals surface area contributed by atoms with E-state index in [2.05, 4.69) is 34.8 Å². The molecule has 1 fully saturated rings. The van der Waals surface area contributed by atoms with Crippen molar-refractivity contribution in [1.29, 1.82) is 0 Å². The molecule has 3 nitrogen and oxygen atoms in total. The number of pyridine rings is 1. The van der Waals surface area contributed by atoms with Gasteiger partial charge in [-0.1, -0.05) is 0 Å². The van der Waals surface area contributed by atoms with E-state index >= 15 is 0 Å². The van der Waals surface area contributed by atoms with Gasteiger partial charge in [-0.3, -0.25) is 0 Å². The van der Waals surface area contributed by atoms with Crippen LogP contribution in [0.2, 0.25) is 0 Å². The Morgan fingerprint density at radius 3 is 2.58 bits per heavy atom. The molecule has 3 rings (SSSR count). The third-order valence-electron chi connectivity index (χ3n) is 3.79. The molecule has 19 heavy (non-hydrogen) atoms. The molecule has 100 valence electrons. The second kappa shape index (κ2) is 4.78. The molecule has 4 heteroatoms. The smallest absolute Gasteiger partial charge is 0.129 e. The highest BCUT2D eigenvalue weighted by atomic mass is 19.1. The monoisotopic (exact) mass is 259 g/mol. The molecule has 1 aliphatic rings. The Morgan fingerprint density at radius 2 is 1.84 bits per heavy atom. The van der Waals surface area contributed by atoms with Gasteiger partial charge in [-0.2, -0.15) is 0 Å². The first-order chi connectivity index (χ1) is 9.13. The number of likely N-dealkylation sites (N-methyl/N-ethyl adjacent to an activating group) is 1. The van der Waals surface area contributed by atoms with Gasteiger partial charge in [-0.05, 0) is 37.7 Å². The van der Waals surface area contributed by atoms with Crippen molar-refractivity contribution >= 4 is 16.7 Å². The van der Waals surface area contributed by atoms with Crippen molar-refractivity contribution in [1.82, 2.24) is 9.88 Å². The number of aromatic nitrogens is 1. The molecule has 0 unspecified atom stereocenters. The topological polar surface area (TPSA) is 19.4 Å². The molecule has 0 bridgehead atoms. The van der Waals surface area contributed by atoms with E-state index in [0.29, 0.717) is 0 Å². The summed E-state index contributed by atoms with van der Waals surface area (Å²) in [4.78, 5) is 9.20. The number of anilines is 1. The first-order valence-electron chi connectivity index (χ1n) is 6.64. The van der Waals surface area contributed by atoms with Crippen molar-refractivity contribution in [2.24, 2.45) is 0 Å². The highest BCUT2D eigenvalue weighted by Crippen LogP contribution is 2.23. The Bertz CT molecular complexity index is 604. The first kappa shape index (κ1) is 12.4. The molecule has 0 radical (unpaired) electrons. The van der Waals surface area contributed by atoms with Crippen LogP contribution in [-0.4, -0.2) is 43.1 Å². The SMILES string of the molecule is Cc1cc(N2CCN(C)CC2)nc2cc(F)ccc12. The van der Waals surface area contributed by atoms with Crippen molar-refractivity contribution in [2.45, 2.75) is 6.92 Å². The molecule has 2 heterocycles. The molecule has 1 saturated heterocycles. The lowest BCUT2D eigenvalue weighted by molar-refractivity contribution is 0.312. The molecule has 0 atom stereocenters. The molecule has 1 aromatic carbocycles. The zero-order chi connectivity index (χ0) is 13.4.